The Morgan fingerprint density at radius 1 is 1.40 bits per heavy atom. The topological polar surface area (TPSA) is 52.9 Å². The molecule has 1 N–H and O–H groups in total. The second-order valence-electron chi connectivity index (χ2n) is 5.28. The van der Waals surface area contributed by atoms with E-state index in [-0.39, 0.29) is 10.7 Å². The van der Waals surface area contributed by atoms with Gasteiger partial charge in [-0.15, -0.1) is 0 Å². The van der Waals surface area contributed by atoms with Crippen molar-refractivity contribution in [2.45, 2.75) is 36.3 Å². The van der Waals surface area contributed by atoms with Crippen LogP contribution in [0.4, 0.5) is 0 Å². The first-order valence-corrected chi connectivity index (χ1v) is 8.21. The van der Waals surface area contributed by atoms with Crippen molar-refractivity contribution in [2.75, 3.05) is 12.8 Å². The molecule has 1 aliphatic carbocycles. The van der Waals surface area contributed by atoms with Crippen molar-refractivity contribution < 1.29 is 4.79 Å². The fourth-order valence-electron chi connectivity index (χ4n) is 2.75. The zero-order chi connectivity index (χ0) is 14.4. The van der Waals surface area contributed by atoms with Crippen LogP contribution in [-0.4, -0.2) is 23.5 Å². The van der Waals surface area contributed by atoms with E-state index < -0.39 is 5.92 Å². The Hall–Kier alpha value is -1.47. The number of nitriles is 1. The molecule has 1 atom stereocenters. The molecule has 1 fully saturated rings. The molecule has 4 heteroatoms. The maximum absolute atomic E-state index is 12.2. The van der Waals surface area contributed by atoms with Crippen molar-refractivity contribution in [3.05, 3.63) is 35.9 Å². The summed E-state index contributed by atoms with van der Waals surface area (Å²) < 4.78 is 0.173. The third-order valence-corrected chi connectivity index (χ3v) is 5.48. The largest absolute Gasteiger partial charge is 0.353 e. The average molecular weight is 288 g/mol. The minimum absolute atomic E-state index is 0.173. The minimum Gasteiger partial charge on any atom is -0.353 e. The first kappa shape index (κ1) is 14.9. The molecule has 1 unspecified atom stereocenters. The van der Waals surface area contributed by atoms with Crippen LogP contribution in [-0.2, 0) is 4.79 Å². The summed E-state index contributed by atoms with van der Waals surface area (Å²) in [6, 6.07) is 11.4. The number of benzene rings is 1. The molecule has 0 heterocycles. The second-order valence-corrected chi connectivity index (χ2v) is 6.56. The van der Waals surface area contributed by atoms with Crippen molar-refractivity contribution in [3.63, 3.8) is 0 Å². The summed E-state index contributed by atoms with van der Waals surface area (Å²) in [5.41, 5.74) is 0.761. The van der Waals surface area contributed by atoms with Gasteiger partial charge in [-0.3, -0.25) is 4.79 Å². The zero-order valence-electron chi connectivity index (χ0n) is 11.8. The van der Waals surface area contributed by atoms with Gasteiger partial charge in [0.05, 0.1) is 6.07 Å². The van der Waals surface area contributed by atoms with Crippen LogP contribution >= 0.6 is 11.8 Å². The highest BCUT2D eigenvalue weighted by Crippen LogP contribution is 2.39. The quantitative estimate of drug-likeness (QED) is 0.906. The van der Waals surface area contributed by atoms with E-state index in [1.165, 1.54) is 12.8 Å². The van der Waals surface area contributed by atoms with E-state index >= 15 is 0 Å². The number of thioether (sulfide) groups is 1. The minimum atomic E-state index is -0.712. The second kappa shape index (κ2) is 6.81. The molecular formula is C16H20N2OS. The van der Waals surface area contributed by atoms with Crippen LogP contribution in [0.1, 0.15) is 37.2 Å². The Bertz CT molecular complexity index is 489. The number of amides is 1. The van der Waals surface area contributed by atoms with E-state index in [4.69, 9.17) is 0 Å². The molecule has 0 spiro atoms. The van der Waals surface area contributed by atoms with E-state index in [0.29, 0.717) is 6.54 Å². The lowest BCUT2D eigenvalue weighted by Gasteiger charge is -2.27. The van der Waals surface area contributed by atoms with Gasteiger partial charge >= 0.3 is 0 Å². The molecule has 1 aliphatic rings. The van der Waals surface area contributed by atoms with Crippen molar-refractivity contribution in [1.82, 2.24) is 5.32 Å². The molecule has 2 rings (SSSR count). The molecule has 0 bridgehead atoms. The molecule has 0 radical (unpaired) electrons. The SMILES string of the molecule is CSC1(CNC(=O)C(C#N)c2ccccc2)CCCC1. The van der Waals surface area contributed by atoms with Gasteiger partial charge in [-0.2, -0.15) is 17.0 Å². The van der Waals surface area contributed by atoms with Gasteiger partial charge in [0.2, 0.25) is 5.91 Å². The van der Waals surface area contributed by atoms with Gasteiger partial charge in [0.1, 0.15) is 5.92 Å². The van der Waals surface area contributed by atoms with Gasteiger partial charge in [-0.1, -0.05) is 43.2 Å². The van der Waals surface area contributed by atoms with E-state index in [0.717, 1.165) is 18.4 Å². The first-order chi connectivity index (χ1) is 9.71. The highest BCUT2D eigenvalue weighted by molar-refractivity contribution is 8.00. The monoisotopic (exact) mass is 288 g/mol. The van der Waals surface area contributed by atoms with Crippen LogP contribution in [0.2, 0.25) is 0 Å². The zero-order valence-corrected chi connectivity index (χ0v) is 12.6. The molecule has 1 aromatic carbocycles. The normalized spacial score (nSPS) is 18.2. The maximum Gasteiger partial charge on any atom is 0.241 e. The van der Waals surface area contributed by atoms with Crippen LogP contribution in [0, 0.1) is 11.3 Å². The summed E-state index contributed by atoms with van der Waals surface area (Å²) in [6.07, 6.45) is 6.87. The van der Waals surface area contributed by atoms with Crippen LogP contribution in [0.5, 0.6) is 0 Å². The Balaban J connectivity index is 1.99. The third kappa shape index (κ3) is 3.34. The van der Waals surface area contributed by atoms with Crippen LogP contribution in [0.25, 0.3) is 0 Å². The van der Waals surface area contributed by atoms with E-state index in [1.54, 1.807) is 0 Å². The summed E-state index contributed by atoms with van der Waals surface area (Å²) in [5, 5.41) is 12.2. The third-order valence-electron chi connectivity index (χ3n) is 4.06. The van der Waals surface area contributed by atoms with Gasteiger partial charge in [0.15, 0.2) is 0 Å². The van der Waals surface area contributed by atoms with E-state index in [1.807, 2.05) is 42.1 Å². The highest BCUT2D eigenvalue weighted by atomic mass is 32.2. The Morgan fingerprint density at radius 2 is 2.05 bits per heavy atom. The van der Waals surface area contributed by atoms with Crippen molar-refractivity contribution in [2.24, 2.45) is 0 Å². The highest BCUT2D eigenvalue weighted by Gasteiger charge is 2.34. The number of nitrogens with one attached hydrogen (secondary N) is 1. The van der Waals surface area contributed by atoms with Crippen LogP contribution < -0.4 is 5.32 Å². The Morgan fingerprint density at radius 3 is 2.60 bits per heavy atom. The molecule has 3 nitrogen and oxygen atoms in total. The van der Waals surface area contributed by atoms with Gasteiger partial charge in [0, 0.05) is 11.3 Å². The lowest BCUT2D eigenvalue weighted by Crippen LogP contribution is -2.40. The number of carbonyl (C=O) groups excluding carboxylic acids is 1. The summed E-state index contributed by atoms with van der Waals surface area (Å²) in [4.78, 5) is 12.2. The summed E-state index contributed by atoms with van der Waals surface area (Å²) in [7, 11) is 0. The van der Waals surface area contributed by atoms with Crippen LogP contribution in [0.3, 0.4) is 0 Å². The fraction of sp³-hybridized carbons (Fsp3) is 0.500. The lowest BCUT2D eigenvalue weighted by molar-refractivity contribution is -0.121. The molecule has 1 aromatic rings. The van der Waals surface area contributed by atoms with Crippen LogP contribution in [0.15, 0.2) is 30.3 Å². The van der Waals surface area contributed by atoms with Crippen molar-refractivity contribution >= 4 is 17.7 Å². The van der Waals surface area contributed by atoms with Gasteiger partial charge in [-0.05, 0) is 24.7 Å². The molecule has 1 amide bonds. The Kier molecular flexibility index (Phi) is 5.08. The number of hydrogen-bond acceptors (Lipinski definition) is 3. The van der Waals surface area contributed by atoms with E-state index in [9.17, 15) is 10.1 Å². The predicted molar refractivity (Wildman–Crippen MR) is 82.5 cm³/mol. The first-order valence-electron chi connectivity index (χ1n) is 6.98. The number of rotatable bonds is 5. The molecule has 20 heavy (non-hydrogen) atoms. The predicted octanol–water partition coefficient (Wildman–Crippen LogP) is 3.09. The number of hydrogen-bond donors (Lipinski definition) is 1. The molecule has 0 aromatic heterocycles. The van der Waals surface area contributed by atoms with Gasteiger partial charge in [-0.25, -0.2) is 0 Å². The summed E-state index contributed by atoms with van der Waals surface area (Å²) in [5.74, 6) is -0.893. The number of carbonyl (C=O) groups is 1. The Labute approximate surface area is 124 Å². The molecule has 106 valence electrons. The molecule has 0 aliphatic heterocycles. The smallest absolute Gasteiger partial charge is 0.241 e. The van der Waals surface area contributed by atoms with Crippen molar-refractivity contribution in [1.29, 1.82) is 5.26 Å². The summed E-state index contributed by atoms with van der Waals surface area (Å²) >= 11 is 1.84. The average Bonchev–Trinajstić information content (AvgIpc) is 2.97. The lowest BCUT2D eigenvalue weighted by atomic mass is 9.99. The summed E-state index contributed by atoms with van der Waals surface area (Å²) in [6.45, 7) is 0.665. The van der Waals surface area contributed by atoms with Gasteiger partial charge < -0.3 is 5.32 Å². The fourth-order valence-corrected chi connectivity index (χ4v) is 3.67. The molecule has 0 saturated heterocycles. The van der Waals surface area contributed by atoms with E-state index in [2.05, 4.69) is 17.6 Å². The molecular weight excluding hydrogens is 268 g/mol. The van der Waals surface area contributed by atoms with Gasteiger partial charge in [0.25, 0.3) is 0 Å². The van der Waals surface area contributed by atoms with Crippen molar-refractivity contribution in [3.8, 4) is 6.07 Å². The molecule has 1 saturated carbocycles. The number of nitrogens with zero attached hydrogens (tertiary/aromatic N) is 1. The standard InChI is InChI=1S/C16H20N2OS/c1-20-16(9-5-6-10-16)12-18-15(19)14(11-17)13-7-3-2-4-8-13/h2-4,7-8,14H,5-6,9-10,12H2,1H3,(H,18,19). The maximum atomic E-state index is 12.2.